The third kappa shape index (κ3) is 4.79. The summed E-state index contributed by atoms with van der Waals surface area (Å²) in [6.45, 7) is 4.02. The summed E-state index contributed by atoms with van der Waals surface area (Å²) in [5, 5.41) is 0. The van der Waals surface area contributed by atoms with Crippen molar-refractivity contribution in [3.8, 4) is 5.75 Å². The Morgan fingerprint density at radius 1 is 1.35 bits per heavy atom. The SMILES string of the molecule is C=CCOC(=O)[C@H]1O[C@@H](OC)C[C@@H]1OCc1ccc(OC)cc1. The predicted molar refractivity (Wildman–Crippen MR) is 83.0 cm³/mol. The van der Waals surface area contributed by atoms with Crippen molar-refractivity contribution in [3.63, 3.8) is 0 Å². The first-order chi connectivity index (χ1) is 11.2. The van der Waals surface area contributed by atoms with Crippen molar-refractivity contribution in [3.05, 3.63) is 42.5 Å². The van der Waals surface area contributed by atoms with E-state index in [9.17, 15) is 4.79 Å². The van der Waals surface area contributed by atoms with Gasteiger partial charge in [0.25, 0.3) is 0 Å². The molecule has 1 aliphatic heterocycles. The molecule has 1 aromatic carbocycles. The maximum Gasteiger partial charge on any atom is 0.338 e. The van der Waals surface area contributed by atoms with E-state index in [1.165, 1.54) is 13.2 Å². The van der Waals surface area contributed by atoms with Crippen LogP contribution < -0.4 is 4.74 Å². The molecule has 1 saturated heterocycles. The van der Waals surface area contributed by atoms with Gasteiger partial charge in [0.15, 0.2) is 12.4 Å². The highest BCUT2D eigenvalue weighted by atomic mass is 16.7. The van der Waals surface area contributed by atoms with Crippen LogP contribution in [0.3, 0.4) is 0 Å². The molecule has 1 aromatic rings. The van der Waals surface area contributed by atoms with E-state index in [4.69, 9.17) is 23.7 Å². The zero-order valence-electron chi connectivity index (χ0n) is 13.4. The minimum Gasteiger partial charge on any atom is -0.497 e. The van der Waals surface area contributed by atoms with E-state index >= 15 is 0 Å². The molecular weight excluding hydrogens is 300 g/mol. The third-order valence-corrected chi connectivity index (χ3v) is 3.52. The van der Waals surface area contributed by atoms with E-state index in [1.54, 1.807) is 7.11 Å². The predicted octanol–water partition coefficient (Wildman–Crippen LogP) is 2.07. The van der Waals surface area contributed by atoms with Gasteiger partial charge in [0.2, 0.25) is 0 Å². The first-order valence-corrected chi connectivity index (χ1v) is 7.38. The van der Waals surface area contributed by atoms with Crippen LogP contribution in [0.5, 0.6) is 5.75 Å². The molecule has 0 aliphatic carbocycles. The Kier molecular flexibility index (Phi) is 6.58. The summed E-state index contributed by atoms with van der Waals surface area (Å²) in [7, 11) is 3.15. The van der Waals surface area contributed by atoms with Crippen LogP contribution in [0.1, 0.15) is 12.0 Å². The minimum atomic E-state index is -0.793. The second kappa shape index (κ2) is 8.67. The van der Waals surface area contributed by atoms with Gasteiger partial charge < -0.3 is 23.7 Å². The maximum absolute atomic E-state index is 12.0. The summed E-state index contributed by atoms with van der Waals surface area (Å²) < 4.78 is 26.7. The lowest BCUT2D eigenvalue weighted by Crippen LogP contribution is -2.34. The van der Waals surface area contributed by atoms with Gasteiger partial charge in [-0.15, -0.1) is 0 Å². The Bertz CT molecular complexity index is 512. The maximum atomic E-state index is 12.0. The van der Waals surface area contributed by atoms with Crippen molar-refractivity contribution in [1.29, 1.82) is 0 Å². The van der Waals surface area contributed by atoms with Gasteiger partial charge in [-0.1, -0.05) is 24.8 Å². The van der Waals surface area contributed by atoms with E-state index < -0.39 is 24.5 Å². The zero-order chi connectivity index (χ0) is 16.7. The largest absolute Gasteiger partial charge is 0.497 e. The average Bonchev–Trinajstić information content (AvgIpc) is 3.01. The van der Waals surface area contributed by atoms with Gasteiger partial charge in [0, 0.05) is 13.5 Å². The van der Waals surface area contributed by atoms with E-state index in [0.717, 1.165) is 11.3 Å². The van der Waals surface area contributed by atoms with Crippen LogP contribution in [0.25, 0.3) is 0 Å². The highest BCUT2D eigenvalue weighted by molar-refractivity contribution is 5.76. The van der Waals surface area contributed by atoms with Gasteiger partial charge in [-0.2, -0.15) is 0 Å². The molecule has 1 fully saturated rings. The van der Waals surface area contributed by atoms with Gasteiger partial charge in [0.05, 0.1) is 19.8 Å². The molecule has 3 atom stereocenters. The van der Waals surface area contributed by atoms with Crippen molar-refractivity contribution in [1.82, 2.24) is 0 Å². The van der Waals surface area contributed by atoms with Crippen molar-refractivity contribution < 1.29 is 28.5 Å². The number of esters is 1. The summed E-state index contributed by atoms with van der Waals surface area (Å²) in [5.74, 6) is 0.312. The number of rotatable bonds is 8. The number of benzene rings is 1. The topological polar surface area (TPSA) is 63.2 Å². The summed E-state index contributed by atoms with van der Waals surface area (Å²) in [4.78, 5) is 12.0. The molecule has 0 aromatic heterocycles. The normalized spacial score (nSPS) is 23.5. The van der Waals surface area contributed by atoms with Crippen LogP contribution >= 0.6 is 0 Å². The van der Waals surface area contributed by atoms with E-state index in [1.807, 2.05) is 24.3 Å². The standard InChI is InChI=1S/C17H22O6/c1-4-9-21-17(18)16-14(10-15(20-3)23-16)22-11-12-5-7-13(19-2)8-6-12/h4-8,14-16H,1,9-11H2,2-3H3/t14-,15+,16-/m0/s1. The molecule has 0 N–H and O–H groups in total. The molecule has 6 heteroatoms. The highest BCUT2D eigenvalue weighted by Crippen LogP contribution is 2.26. The average molecular weight is 322 g/mol. The fourth-order valence-corrected chi connectivity index (χ4v) is 2.28. The molecule has 126 valence electrons. The first-order valence-electron chi connectivity index (χ1n) is 7.38. The molecule has 0 amide bonds. The van der Waals surface area contributed by atoms with Crippen LogP contribution in [-0.2, 0) is 30.3 Å². The minimum absolute atomic E-state index is 0.140. The highest BCUT2D eigenvalue weighted by Gasteiger charge is 2.42. The fraction of sp³-hybridized carbons (Fsp3) is 0.471. The quantitative estimate of drug-likeness (QED) is 0.539. The summed E-state index contributed by atoms with van der Waals surface area (Å²) in [5.41, 5.74) is 0.977. The van der Waals surface area contributed by atoms with Gasteiger partial charge >= 0.3 is 5.97 Å². The summed E-state index contributed by atoms with van der Waals surface area (Å²) in [6, 6.07) is 7.54. The number of methoxy groups -OCH3 is 2. The Morgan fingerprint density at radius 3 is 2.70 bits per heavy atom. The van der Waals surface area contributed by atoms with Crippen molar-refractivity contribution in [2.75, 3.05) is 20.8 Å². The fourth-order valence-electron chi connectivity index (χ4n) is 2.28. The van der Waals surface area contributed by atoms with Crippen molar-refractivity contribution >= 4 is 5.97 Å². The smallest absolute Gasteiger partial charge is 0.338 e. The number of carbonyl (C=O) groups excluding carboxylic acids is 1. The summed E-state index contributed by atoms with van der Waals surface area (Å²) >= 11 is 0. The Morgan fingerprint density at radius 2 is 2.09 bits per heavy atom. The molecule has 23 heavy (non-hydrogen) atoms. The lowest BCUT2D eigenvalue weighted by molar-refractivity contribution is -0.173. The number of ether oxygens (including phenoxy) is 5. The summed E-state index contributed by atoms with van der Waals surface area (Å²) in [6.07, 6.45) is 0.295. The lowest BCUT2D eigenvalue weighted by atomic mass is 10.1. The third-order valence-electron chi connectivity index (χ3n) is 3.52. The van der Waals surface area contributed by atoms with E-state index in [2.05, 4.69) is 6.58 Å². The zero-order valence-corrected chi connectivity index (χ0v) is 13.4. The Balaban J connectivity index is 1.94. The molecule has 2 rings (SSSR count). The number of hydrogen-bond donors (Lipinski definition) is 0. The van der Waals surface area contributed by atoms with Gasteiger partial charge in [-0.05, 0) is 17.7 Å². The molecule has 1 heterocycles. The van der Waals surface area contributed by atoms with Crippen molar-refractivity contribution in [2.45, 2.75) is 31.5 Å². The second-order valence-electron chi connectivity index (χ2n) is 5.07. The Labute approximate surface area is 135 Å². The van der Waals surface area contributed by atoms with E-state index in [-0.39, 0.29) is 6.61 Å². The van der Waals surface area contributed by atoms with E-state index in [0.29, 0.717) is 13.0 Å². The molecule has 6 nitrogen and oxygen atoms in total. The Hall–Kier alpha value is -1.89. The number of hydrogen-bond acceptors (Lipinski definition) is 6. The van der Waals surface area contributed by atoms with Crippen LogP contribution in [0, 0.1) is 0 Å². The van der Waals surface area contributed by atoms with Crippen LogP contribution in [0.4, 0.5) is 0 Å². The molecule has 0 unspecified atom stereocenters. The number of carbonyl (C=O) groups is 1. The lowest BCUT2D eigenvalue weighted by Gasteiger charge is -2.17. The van der Waals surface area contributed by atoms with Crippen molar-refractivity contribution in [2.24, 2.45) is 0 Å². The van der Waals surface area contributed by atoms with Crippen LogP contribution in [-0.4, -0.2) is 45.3 Å². The van der Waals surface area contributed by atoms with Gasteiger partial charge in [-0.25, -0.2) is 4.79 Å². The molecule has 0 saturated carbocycles. The molecule has 1 aliphatic rings. The van der Waals surface area contributed by atoms with Crippen LogP contribution in [0.15, 0.2) is 36.9 Å². The monoisotopic (exact) mass is 322 g/mol. The molecule has 0 bridgehead atoms. The van der Waals surface area contributed by atoms with Crippen LogP contribution in [0.2, 0.25) is 0 Å². The van der Waals surface area contributed by atoms with Gasteiger partial charge in [-0.3, -0.25) is 0 Å². The first kappa shape index (κ1) is 17.5. The van der Waals surface area contributed by atoms with Gasteiger partial charge in [0.1, 0.15) is 12.4 Å². The molecule has 0 spiro atoms. The second-order valence-corrected chi connectivity index (χ2v) is 5.07. The molecule has 0 radical (unpaired) electrons. The molecular formula is C17H22O6.